The van der Waals surface area contributed by atoms with Gasteiger partial charge in [0.1, 0.15) is 0 Å². The maximum absolute atomic E-state index is 13.0. The minimum atomic E-state index is -4.75. The number of piperidine rings is 1. The standard InChI is InChI=1S/C13H16F3NO3S/c1-12(18)7-4-8-17(9-12)21(19,20)11-6-3-2-5-10(11)13(14,15)16/h2-3,5-6,18H,4,7-9H2,1H3. The highest BCUT2D eigenvalue weighted by Gasteiger charge is 2.41. The molecule has 1 aliphatic rings. The Morgan fingerprint density at radius 2 is 1.90 bits per heavy atom. The van der Waals surface area contributed by atoms with Crippen molar-refractivity contribution in [1.82, 2.24) is 4.31 Å². The van der Waals surface area contributed by atoms with Gasteiger partial charge in [-0.1, -0.05) is 12.1 Å². The van der Waals surface area contributed by atoms with Crippen molar-refractivity contribution >= 4 is 10.0 Å². The van der Waals surface area contributed by atoms with Crippen LogP contribution in [0.3, 0.4) is 0 Å². The van der Waals surface area contributed by atoms with Gasteiger partial charge in [-0.2, -0.15) is 17.5 Å². The van der Waals surface area contributed by atoms with Crippen molar-refractivity contribution in [3.63, 3.8) is 0 Å². The molecular weight excluding hydrogens is 307 g/mol. The number of aliphatic hydroxyl groups is 1. The number of hydrogen-bond acceptors (Lipinski definition) is 3. The van der Waals surface area contributed by atoms with Gasteiger partial charge in [0.15, 0.2) is 0 Å². The molecule has 4 nitrogen and oxygen atoms in total. The highest BCUT2D eigenvalue weighted by atomic mass is 32.2. The third kappa shape index (κ3) is 3.38. The van der Waals surface area contributed by atoms with E-state index in [0.717, 1.165) is 22.5 Å². The van der Waals surface area contributed by atoms with Crippen LogP contribution in [0.1, 0.15) is 25.3 Å². The van der Waals surface area contributed by atoms with Gasteiger partial charge < -0.3 is 5.11 Å². The second-order valence-electron chi connectivity index (χ2n) is 5.43. The molecule has 118 valence electrons. The molecule has 1 N–H and O–H groups in total. The van der Waals surface area contributed by atoms with Crippen LogP contribution in [-0.2, 0) is 16.2 Å². The van der Waals surface area contributed by atoms with Crippen molar-refractivity contribution in [3.8, 4) is 0 Å². The lowest BCUT2D eigenvalue weighted by Gasteiger charge is -2.36. The number of β-amino-alcohol motifs (C(OH)–C–C–N with tert-alkyl or cyclic N) is 1. The van der Waals surface area contributed by atoms with Crippen LogP contribution in [0.5, 0.6) is 0 Å². The van der Waals surface area contributed by atoms with Gasteiger partial charge in [-0.25, -0.2) is 8.42 Å². The van der Waals surface area contributed by atoms with Crippen molar-refractivity contribution in [3.05, 3.63) is 29.8 Å². The van der Waals surface area contributed by atoms with Crippen LogP contribution in [0.2, 0.25) is 0 Å². The van der Waals surface area contributed by atoms with Gasteiger partial charge in [-0.15, -0.1) is 0 Å². The van der Waals surface area contributed by atoms with E-state index in [0.29, 0.717) is 12.8 Å². The van der Waals surface area contributed by atoms with Crippen LogP contribution in [0.25, 0.3) is 0 Å². The quantitative estimate of drug-likeness (QED) is 0.908. The highest BCUT2D eigenvalue weighted by molar-refractivity contribution is 7.89. The Morgan fingerprint density at radius 3 is 2.48 bits per heavy atom. The van der Waals surface area contributed by atoms with E-state index >= 15 is 0 Å². The summed E-state index contributed by atoms with van der Waals surface area (Å²) < 4.78 is 64.7. The third-order valence-corrected chi connectivity index (χ3v) is 5.35. The van der Waals surface area contributed by atoms with Crippen molar-refractivity contribution in [1.29, 1.82) is 0 Å². The molecule has 21 heavy (non-hydrogen) atoms. The van der Waals surface area contributed by atoms with Crippen LogP contribution in [0, 0.1) is 0 Å². The fraction of sp³-hybridized carbons (Fsp3) is 0.538. The molecule has 1 heterocycles. The zero-order valence-corrected chi connectivity index (χ0v) is 12.2. The van der Waals surface area contributed by atoms with E-state index in [2.05, 4.69) is 0 Å². The molecule has 0 aliphatic carbocycles. The number of nitrogens with zero attached hydrogens (tertiary/aromatic N) is 1. The zero-order chi connectivity index (χ0) is 15.9. The van der Waals surface area contributed by atoms with Gasteiger partial charge in [0.2, 0.25) is 10.0 Å². The topological polar surface area (TPSA) is 57.6 Å². The molecule has 1 unspecified atom stereocenters. The van der Waals surface area contributed by atoms with E-state index in [9.17, 15) is 26.7 Å². The number of halogens is 3. The average molecular weight is 323 g/mol. The fourth-order valence-electron chi connectivity index (χ4n) is 2.44. The van der Waals surface area contributed by atoms with E-state index in [4.69, 9.17) is 0 Å². The molecule has 0 amide bonds. The van der Waals surface area contributed by atoms with Crippen LogP contribution < -0.4 is 0 Å². The second-order valence-corrected chi connectivity index (χ2v) is 7.34. The van der Waals surface area contributed by atoms with Crippen LogP contribution in [0.15, 0.2) is 29.2 Å². The Labute approximate surface area is 121 Å². The first-order valence-corrected chi connectivity index (χ1v) is 7.87. The number of alkyl halides is 3. The van der Waals surface area contributed by atoms with Crippen molar-refractivity contribution in [2.75, 3.05) is 13.1 Å². The molecular formula is C13H16F3NO3S. The molecule has 0 spiro atoms. The minimum absolute atomic E-state index is 0.102. The fourth-order valence-corrected chi connectivity index (χ4v) is 4.25. The monoisotopic (exact) mass is 323 g/mol. The first-order chi connectivity index (χ1) is 9.54. The lowest BCUT2D eigenvalue weighted by Crippen LogP contribution is -2.48. The molecule has 0 aromatic heterocycles. The maximum atomic E-state index is 13.0. The molecule has 1 atom stereocenters. The number of rotatable bonds is 2. The minimum Gasteiger partial charge on any atom is -0.389 e. The zero-order valence-electron chi connectivity index (χ0n) is 11.4. The summed E-state index contributed by atoms with van der Waals surface area (Å²) in [5, 5.41) is 9.96. The lowest BCUT2D eigenvalue weighted by atomic mass is 9.97. The first-order valence-electron chi connectivity index (χ1n) is 6.43. The predicted octanol–water partition coefficient (Wildman–Crippen LogP) is 2.24. The van der Waals surface area contributed by atoms with Gasteiger partial charge >= 0.3 is 6.18 Å². The Balaban J connectivity index is 2.46. The third-order valence-electron chi connectivity index (χ3n) is 3.45. The SMILES string of the molecule is CC1(O)CCCN(S(=O)(=O)c2ccccc2C(F)(F)F)C1. The maximum Gasteiger partial charge on any atom is 0.417 e. The molecule has 2 rings (SSSR count). The number of sulfonamides is 1. The van der Waals surface area contributed by atoms with E-state index in [1.807, 2.05) is 0 Å². The molecule has 0 radical (unpaired) electrons. The summed E-state index contributed by atoms with van der Waals surface area (Å²) in [5.74, 6) is 0. The Morgan fingerprint density at radius 1 is 1.29 bits per heavy atom. The van der Waals surface area contributed by atoms with Crippen molar-refractivity contribution in [2.24, 2.45) is 0 Å². The molecule has 1 saturated heterocycles. The summed E-state index contributed by atoms with van der Waals surface area (Å²) in [6.07, 6.45) is -3.93. The second kappa shape index (κ2) is 5.26. The molecule has 0 saturated carbocycles. The number of benzene rings is 1. The smallest absolute Gasteiger partial charge is 0.389 e. The normalized spacial score (nSPS) is 25.0. The molecule has 0 bridgehead atoms. The van der Waals surface area contributed by atoms with E-state index in [1.54, 1.807) is 0 Å². The lowest BCUT2D eigenvalue weighted by molar-refractivity contribution is -0.139. The first kappa shape index (κ1) is 16.3. The predicted molar refractivity (Wildman–Crippen MR) is 70.1 cm³/mol. The van der Waals surface area contributed by atoms with Gasteiger partial charge in [-0.05, 0) is 31.9 Å². The summed E-state index contributed by atoms with van der Waals surface area (Å²) in [6, 6.07) is 4.09. The van der Waals surface area contributed by atoms with E-state index in [1.165, 1.54) is 13.0 Å². The molecule has 8 heteroatoms. The summed E-state index contributed by atoms with van der Waals surface area (Å²) in [5.41, 5.74) is -2.41. The van der Waals surface area contributed by atoms with Crippen LogP contribution in [-0.4, -0.2) is 36.5 Å². The van der Waals surface area contributed by atoms with Crippen LogP contribution >= 0.6 is 0 Å². The van der Waals surface area contributed by atoms with Crippen LogP contribution in [0.4, 0.5) is 13.2 Å². The van der Waals surface area contributed by atoms with E-state index in [-0.39, 0.29) is 13.1 Å². The largest absolute Gasteiger partial charge is 0.417 e. The Kier molecular flexibility index (Phi) is 4.07. The van der Waals surface area contributed by atoms with Gasteiger partial charge in [0, 0.05) is 13.1 Å². The number of hydrogen-bond donors (Lipinski definition) is 1. The summed E-state index contributed by atoms with van der Waals surface area (Å²) in [6.45, 7) is 1.37. The summed E-state index contributed by atoms with van der Waals surface area (Å²) in [4.78, 5) is -0.768. The van der Waals surface area contributed by atoms with Crippen molar-refractivity contribution < 1.29 is 26.7 Å². The van der Waals surface area contributed by atoms with Crippen molar-refractivity contribution in [2.45, 2.75) is 36.4 Å². The Hall–Kier alpha value is -1.12. The highest BCUT2D eigenvalue weighted by Crippen LogP contribution is 2.36. The molecule has 1 fully saturated rings. The molecule has 1 aromatic rings. The summed E-state index contributed by atoms with van der Waals surface area (Å²) >= 11 is 0. The molecule has 1 aromatic carbocycles. The van der Waals surface area contributed by atoms with Gasteiger partial charge in [-0.3, -0.25) is 0 Å². The summed E-state index contributed by atoms with van der Waals surface area (Å²) in [7, 11) is -4.29. The Bertz CT molecular complexity index is 626. The van der Waals surface area contributed by atoms with Gasteiger partial charge in [0.25, 0.3) is 0 Å². The average Bonchev–Trinajstić information content (AvgIpc) is 2.36. The molecule has 1 aliphatic heterocycles. The van der Waals surface area contributed by atoms with Gasteiger partial charge in [0.05, 0.1) is 16.1 Å². The van der Waals surface area contributed by atoms with E-state index < -0.39 is 32.3 Å².